The molecule has 0 saturated heterocycles. The van der Waals surface area contributed by atoms with Gasteiger partial charge < -0.3 is 0 Å². The molecule has 0 spiro atoms. The van der Waals surface area contributed by atoms with E-state index in [2.05, 4.69) is 194 Å². The second-order valence-corrected chi connectivity index (χ2v) is 14.0. The van der Waals surface area contributed by atoms with Gasteiger partial charge in [-0.15, -0.1) is 0 Å². The van der Waals surface area contributed by atoms with E-state index in [9.17, 15) is 0 Å². The molecule has 236 valence electrons. The number of hydrogen-bond acceptors (Lipinski definition) is 0. The van der Waals surface area contributed by atoms with Crippen LogP contribution in [-0.2, 0) is 5.41 Å². The van der Waals surface area contributed by atoms with Crippen LogP contribution in [0.25, 0.3) is 76.5 Å². The van der Waals surface area contributed by atoms with Gasteiger partial charge in [-0.2, -0.15) is 0 Å². The molecule has 0 heterocycles. The molecule has 10 aromatic rings. The maximum Gasteiger partial charge on any atom is 0.0719 e. The molecule has 0 bridgehead atoms. The largest absolute Gasteiger partial charge is 0.0719 e. The summed E-state index contributed by atoms with van der Waals surface area (Å²) in [5, 5.41) is 10.4. The van der Waals surface area contributed by atoms with Crippen molar-refractivity contribution in [1.82, 2.24) is 0 Å². The lowest BCUT2D eigenvalue weighted by molar-refractivity contribution is 0.775. The van der Waals surface area contributed by atoms with Gasteiger partial charge in [0.05, 0.1) is 5.41 Å². The van der Waals surface area contributed by atoms with Crippen LogP contribution < -0.4 is 0 Å². The zero-order valence-electron chi connectivity index (χ0n) is 28.0. The van der Waals surface area contributed by atoms with E-state index in [1.54, 1.807) is 0 Å². The van der Waals surface area contributed by atoms with Gasteiger partial charge in [0.1, 0.15) is 0 Å². The van der Waals surface area contributed by atoms with Crippen LogP contribution in [0.3, 0.4) is 0 Å². The first-order valence-corrected chi connectivity index (χ1v) is 17.9. The van der Waals surface area contributed by atoms with Crippen molar-refractivity contribution in [3.05, 3.63) is 216 Å². The van der Waals surface area contributed by atoms with Crippen molar-refractivity contribution in [2.45, 2.75) is 5.41 Å². The highest BCUT2D eigenvalue weighted by Gasteiger charge is 2.48. The highest BCUT2D eigenvalue weighted by molar-refractivity contribution is 6.25. The van der Waals surface area contributed by atoms with E-state index in [1.165, 1.54) is 98.7 Å². The molecule has 0 saturated carbocycles. The standard InChI is InChI=1S/C51H32/c1-4-13-33(14-5-1)44-31-38-26-25-37(41-29-27-36-24-23-34-15-12-16-35-28-30-42(41)48(36)47(34)35)32-45(38)50-49(44)43-21-10-11-22-46(43)51(50,39-17-6-2-7-18-39)40-19-8-3-9-20-40/h1-32H. The second-order valence-electron chi connectivity index (χ2n) is 14.0. The molecule has 0 radical (unpaired) electrons. The van der Waals surface area contributed by atoms with E-state index in [0.29, 0.717) is 0 Å². The maximum absolute atomic E-state index is 2.49. The number of benzene rings is 10. The Morgan fingerprint density at radius 2 is 0.902 bits per heavy atom. The van der Waals surface area contributed by atoms with Gasteiger partial charge in [0, 0.05) is 0 Å². The van der Waals surface area contributed by atoms with E-state index in [-0.39, 0.29) is 0 Å². The fourth-order valence-corrected chi connectivity index (χ4v) is 9.37. The Kier molecular flexibility index (Phi) is 5.97. The van der Waals surface area contributed by atoms with E-state index in [4.69, 9.17) is 0 Å². The monoisotopic (exact) mass is 644 g/mol. The summed E-state index contributed by atoms with van der Waals surface area (Å²) in [5.74, 6) is 0. The van der Waals surface area contributed by atoms with Gasteiger partial charge in [-0.05, 0) is 111 Å². The van der Waals surface area contributed by atoms with Crippen LogP contribution in [0.5, 0.6) is 0 Å². The first-order chi connectivity index (χ1) is 25.3. The van der Waals surface area contributed by atoms with Crippen LogP contribution in [0.4, 0.5) is 0 Å². The average molecular weight is 645 g/mol. The lowest BCUT2D eigenvalue weighted by Gasteiger charge is -2.35. The van der Waals surface area contributed by atoms with Crippen LogP contribution in [0.15, 0.2) is 194 Å². The van der Waals surface area contributed by atoms with Crippen molar-refractivity contribution in [3.63, 3.8) is 0 Å². The summed E-state index contributed by atoms with van der Waals surface area (Å²) in [6.45, 7) is 0. The van der Waals surface area contributed by atoms with Crippen LogP contribution in [-0.4, -0.2) is 0 Å². The van der Waals surface area contributed by atoms with E-state index in [0.717, 1.165) is 0 Å². The highest BCUT2D eigenvalue weighted by atomic mass is 14.5. The van der Waals surface area contributed by atoms with Crippen molar-refractivity contribution in [2.24, 2.45) is 0 Å². The minimum absolute atomic E-state index is 0.515. The molecule has 1 aliphatic rings. The van der Waals surface area contributed by atoms with Crippen molar-refractivity contribution in [1.29, 1.82) is 0 Å². The fourth-order valence-electron chi connectivity index (χ4n) is 9.37. The summed E-state index contributed by atoms with van der Waals surface area (Å²) in [4.78, 5) is 0. The minimum atomic E-state index is -0.515. The number of hydrogen-bond donors (Lipinski definition) is 0. The first-order valence-electron chi connectivity index (χ1n) is 17.9. The molecule has 51 heavy (non-hydrogen) atoms. The molecule has 0 fully saturated rings. The summed E-state index contributed by atoms with van der Waals surface area (Å²) >= 11 is 0. The molecule has 0 N–H and O–H groups in total. The third kappa shape index (κ3) is 3.91. The van der Waals surface area contributed by atoms with Crippen molar-refractivity contribution < 1.29 is 0 Å². The van der Waals surface area contributed by atoms with Crippen molar-refractivity contribution >= 4 is 43.1 Å². The molecular formula is C51H32. The van der Waals surface area contributed by atoms with Gasteiger partial charge in [-0.3, -0.25) is 0 Å². The topological polar surface area (TPSA) is 0 Å². The zero-order valence-corrected chi connectivity index (χ0v) is 28.0. The third-order valence-electron chi connectivity index (χ3n) is 11.5. The summed E-state index contributed by atoms with van der Waals surface area (Å²) in [5.41, 5.74) is 12.4. The lowest BCUT2D eigenvalue weighted by atomic mass is 9.66. The van der Waals surface area contributed by atoms with Gasteiger partial charge >= 0.3 is 0 Å². The lowest BCUT2D eigenvalue weighted by Crippen LogP contribution is -2.28. The van der Waals surface area contributed by atoms with Crippen LogP contribution in [0, 0.1) is 0 Å². The Balaban J connectivity index is 1.30. The highest BCUT2D eigenvalue weighted by Crippen LogP contribution is 2.60. The predicted octanol–water partition coefficient (Wildman–Crippen LogP) is 13.4. The molecule has 11 rings (SSSR count). The van der Waals surface area contributed by atoms with Gasteiger partial charge in [0.25, 0.3) is 0 Å². The molecule has 0 heteroatoms. The molecule has 0 amide bonds. The summed E-state index contributed by atoms with van der Waals surface area (Å²) in [6.07, 6.45) is 0. The molecular weight excluding hydrogens is 613 g/mol. The summed E-state index contributed by atoms with van der Waals surface area (Å²) in [7, 11) is 0. The normalized spacial score (nSPS) is 13.3. The molecule has 1 aliphatic carbocycles. The molecule has 0 atom stereocenters. The quantitative estimate of drug-likeness (QED) is 0.167. The Morgan fingerprint density at radius 3 is 1.63 bits per heavy atom. The van der Waals surface area contributed by atoms with E-state index >= 15 is 0 Å². The number of rotatable bonds is 4. The molecule has 0 aliphatic heterocycles. The predicted molar refractivity (Wildman–Crippen MR) is 216 cm³/mol. The Morgan fingerprint density at radius 1 is 0.314 bits per heavy atom. The molecule has 10 aromatic carbocycles. The second kappa shape index (κ2) is 10.7. The number of fused-ring (bicyclic) bond motifs is 5. The fraction of sp³-hybridized carbons (Fsp3) is 0.0196. The SMILES string of the molecule is c1ccc(-c2cc3ccc(-c4ccc5ccc6cccc7ccc4c5c67)cc3c3c2-c2ccccc2C3(c2ccccc2)c2ccccc2)cc1. The maximum atomic E-state index is 2.49. The average Bonchev–Trinajstić information content (AvgIpc) is 3.53. The Bertz CT molecular complexity index is 2880. The van der Waals surface area contributed by atoms with Gasteiger partial charge in [-0.1, -0.05) is 182 Å². The van der Waals surface area contributed by atoms with E-state index < -0.39 is 5.41 Å². The molecule has 0 nitrogen and oxygen atoms in total. The Hall–Kier alpha value is -6.50. The smallest absolute Gasteiger partial charge is 0.0622 e. The summed E-state index contributed by atoms with van der Waals surface area (Å²) in [6, 6.07) is 72.5. The molecule has 0 aromatic heterocycles. The summed E-state index contributed by atoms with van der Waals surface area (Å²) < 4.78 is 0. The Labute approximate surface area is 297 Å². The minimum Gasteiger partial charge on any atom is -0.0622 e. The van der Waals surface area contributed by atoms with Gasteiger partial charge in [0.15, 0.2) is 0 Å². The van der Waals surface area contributed by atoms with Gasteiger partial charge in [-0.25, -0.2) is 0 Å². The van der Waals surface area contributed by atoms with E-state index in [1.807, 2.05) is 0 Å². The van der Waals surface area contributed by atoms with Crippen LogP contribution >= 0.6 is 0 Å². The van der Waals surface area contributed by atoms with Crippen molar-refractivity contribution in [3.8, 4) is 33.4 Å². The van der Waals surface area contributed by atoms with Crippen LogP contribution in [0.1, 0.15) is 22.3 Å². The van der Waals surface area contributed by atoms with Crippen LogP contribution in [0.2, 0.25) is 0 Å². The third-order valence-corrected chi connectivity index (χ3v) is 11.5. The zero-order chi connectivity index (χ0) is 33.5. The van der Waals surface area contributed by atoms with Crippen molar-refractivity contribution in [2.75, 3.05) is 0 Å². The molecule has 0 unspecified atom stereocenters. The first kappa shape index (κ1) is 28.3. The van der Waals surface area contributed by atoms with Gasteiger partial charge in [0.2, 0.25) is 0 Å².